The van der Waals surface area contributed by atoms with Gasteiger partial charge >= 0.3 is 12.0 Å². The van der Waals surface area contributed by atoms with Gasteiger partial charge in [-0.2, -0.15) is 0 Å². The van der Waals surface area contributed by atoms with Crippen LogP contribution in [0.5, 0.6) is 11.8 Å². The van der Waals surface area contributed by atoms with Crippen LogP contribution in [-0.2, 0) is 0 Å². The van der Waals surface area contributed by atoms with E-state index in [4.69, 9.17) is 4.74 Å². The van der Waals surface area contributed by atoms with Gasteiger partial charge in [-0.05, 0) is 43.2 Å². The molecule has 2 aromatic rings. The van der Waals surface area contributed by atoms with E-state index in [0.717, 1.165) is 12.8 Å². The number of nitrogens with one attached hydrogen (secondary N) is 2. The average molecular weight is 312 g/mol. The molecule has 0 saturated heterocycles. The van der Waals surface area contributed by atoms with Gasteiger partial charge in [0.15, 0.2) is 0 Å². The Kier molecular flexibility index (Phi) is 6.11. The molecule has 2 rings (SSSR count). The van der Waals surface area contributed by atoms with Crippen LogP contribution in [0.25, 0.3) is 0 Å². The van der Waals surface area contributed by atoms with Crippen molar-refractivity contribution in [1.29, 1.82) is 0 Å². The number of ether oxygens (including phenoxy) is 1. The van der Waals surface area contributed by atoms with Crippen molar-refractivity contribution < 1.29 is 9.53 Å². The maximum absolute atomic E-state index is 11.9. The van der Waals surface area contributed by atoms with Crippen molar-refractivity contribution in [2.45, 2.75) is 25.8 Å². The Hall–Kier alpha value is -2.89. The van der Waals surface area contributed by atoms with Crippen molar-refractivity contribution in [2.24, 2.45) is 0 Å². The highest BCUT2D eigenvalue weighted by molar-refractivity contribution is 5.89. The quantitative estimate of drug-likeness (QED) is 0.764. The van der Waals surface area contributed by atoms with Crippen LogP contribution in [0.4, 0.5) is 10.5 Å². The summed E-state index contributed by atoms with van der Waals surface area (Å²) in [6.45, 7) is 5.71. The summed E-state index contributed by atoms with van der Waals surface area (Å²) < 4.78 is 5.49. The number of urea groups is 1. The molecule has 0 fully saturated rings. The number of hydrogen-bond acceptors (Lipinski definition) is 4. The van der Waals surface area contributed by atoms with E-state index in [1.165, 1.54) is 0 Å². The van der Waals surface area contributed by atoms with E-state index < -0.39 is 0 Å². The summed E-state index contributed by atoms with van der Waals surface area (Å²) in [6, 6.07) is 8.85. The van der Waals surface area contributed by atoms with Gasteiger partial charge in [0.25, 0.3) is 0 Å². The number of amides is 2. The van der Waals surface area contributed by atoms with Gasteiger partial charge in [-0.25, -0.2) is 14.8 Å². The van der Waals surface area contributed by atoms with Gasteiger partial charge in [0.1, 0.15) is 5.75 Å². The SMILES string of the molecule is C=CC[C@H](CC)NC(=O)Nc1ccc(Oc2ncccn2)cc1. The maximum Gasteiger partial charge on any atom is 0.321 e. The van der Waals surface area contributed by atoms with Gasteiger partial charge in [0, 0.05) is 24.1 Å². The third-order valence-corrected chi connectivity index (χ3v) is 3.14. The van der Waals surface area contributed by atoms with Gasteiger partial charge in [-0.15, -0.1) is 6.58 Å². The fourth-order valence-corrected chi connectivity index (χ4v) is 1.93. The first kappa shape index (κ1) is 16.5. The summed E-state index contributed by atoms with van der Waals surface area (Å²) in [5.41, 5.74) is 0.678. The molecule has 0 radical (unpaired) electrons. The van der Waals surface area contributed by atoms with Crippen LogP contribution < -0.4 is 15.4 Å². The van der Waals surface area contributed by atoms with Gasteiger partial charge in [0.05, 0.1) is 0 Å². The highest BCUT2D eigenvalue weighted by Crippen LogP contribution is 2.19. The van der Waals surface area contributed by atoms with E-state index in [2.05, 4.69) is 27.2 Å². The molecule has 0 aliphatic carbocycles. The van der Waals surface area contributed by atoms with Crippen LogP contribution in [0.1, 0.15) is 19.8 Å². The lowest BCUT2D eigenvalue weighted by atomic mass is 10.1. The van der Waals surface area contributed by atoms with E-state index in [9.17, 15) is 4.79 Å². The topological polar surface area (TPSA) is 76.1 Å². The fourth-order valence-electron chi connectivity index (χ4n) is 1.93. The standard InChI is InChI=1S/C17H20N4O2/c1-3-6-13(4-2)20-16(22)21-14-7-9-15(10-8-14)23-17-18-11-5-12-19-17/h3,5,7-13H,1,4,6H2,2H3,(H2,20,21,22)/t13-/m0/s1. The lowest BCUT2D eigenvalue weighted by Gasteiger charge is -2.15. The molecule has 0 bridgehead atoms. The molecule has 0 unspecified atom stereocenters. The van der Waals surface area contributed by atoms with Crippen LogP contribution in [0, 0.1) is 0 Å². The summed E-state index contributed by atoms with van der Waals surface area (Å²) in [4.78, 5) is 19.9. The molecule has 0 aliphatic heterocycles. The number of benzene rings is 1. The second-order valence-corrected chi connectivity index (χ2v) is 4.89. The van der Waals surface area contributed by atoms with Crippen molar-refractivity contribution in [3.8, 4) is 11.8 Å². The summed E-state index contributed by atoms with van der Waals surface area (Å²) in [5.74, 6) is 0.597. The molecular formula is C17H20N4O2. The van der Waals surface area contributed by atoms with Crippen molar-refractivity contribution in [3.05, 3.63) is 55.4 Å². The van der Waals surface area contributed by atoms with Crippen molar-refractivity contribution in [2.75, 3.05) is 5.32 Å². The number of carbonyl (C=O) groups is 1. The van der Waals surface area contributed by atoms with E-state index in [0.29, 0.717) is 11.4 Å². The molecule has 0 saturated carbocycles. The Morgan fingerprint density at radius 1 is 1.30 bits per heavy atom. The third-order valence-electron chi connectivity index (χ3n) is 3.14. The van der Waals surface area contributed by atoms with E-state index in [1.54, 1.807) is 48.8 Å². The van der Waals surface area contributed by atoms with Gasteiger partial charge in [-0.1, -0.05) is 13.0 Å². The van der Waals surface area contributed by atoms with Crippen LogP contribution in [-0.4, -0.2) is 22.0 Å². The lowest BCUT2D eigenvalue weighted by Crippen LogP contribution is -2.37. The monoisotopic (exact) mass is 312 g/mol. The minimum Gasteiger partial charge on any atom is -0.424 e. The maximum atomic E-state index is 11.9. The third kappa shape index (κ3) is 5.43. The second kappa shape index (κ2) is 8.53. The predicted molar refractivity (Wildman–Crippen MR) is 89.6 cm³/mol. The van der Waals surface area contributed by atoms with Crippen LogP contribution in [0.3, 0.4) is 0 Å². The average Bonchev–Trinajstić information content (AvgIpc) is 2.57. The normalized spacial score (nSPS) is 11.3. The molecule has 2 N–H and O–H groups in total. The summed E-state index contributed by atoms with van der Waals surface area (Å²) in [7, 11) is 0. The zero-order chi connectivity index (χ0) is 16.5. The van der Waals surface area contributed by atoms with Crippen molar-refractivity contribution in [1.82, 2.24) is 15.3 Å². The molecule has 0 spiro atoms. The smallest absolute Gasteiger partial charge is 0.321 e. The van der Waals surface area contributed by atoms with Gasteiger partial charge < -0.3 is 15.4 Å². The van der Waals surface area contributed by atoms with E-state index in [1.807, 2.05) is 6.92 Å². The molecule has 1 heterocycles. The second-order valence-electron chi connectivity index (χ2n) is 4.89. The number of nitrogens with zero attached hydrogens (tertiary/aromatic N) is 2. The Morgan fingerprint density at radius 2 is 2.00 bits per heavy atom. The first-order chi connectivity index (χ1) is 11.2. The predicted octanol–water partition coefficient (Wildman–Crippen LogP) is 3.75. The highest BCUT2D eigenvalue weighted by Gasteiger charge is 2.09. The minimum absolute atomic E-state index is 0.0883. The van der Waals surface area contributed by atoms with Crippen LogP contribution >= 0.6 is 0 Å². The summed E-state index contributed by atoms with van der Waals surface area (Å²) >= 11 is 0. The number of aromatic nitrogens is 2. The molecule has 1 aromatic heterocycles. The Balaban J connectivity index is 1.89. The first-order valence-electron chi connectivity index (χ1n) is 7.44. The Bertz CT molecular complexity index is 629. The van der Waals surface area contributed by atoms with E-state index in [-0.39, 0.29) is 18.1 Å². The summed E-state index contributed by atoms with van der Waals surface area (Å²) in [5, 5.41) is 5.68. The van der Waals surface area contributed by atoms with E-state index >= 15 is 0 Å². The number of carbonyl (C=O) groups excluding carboxylic acids is 1. The molecule has 1 atom stereocenters. The Morgan fingerprint density at radius 3 is 2.61 bits per heavy atom. The zero-order valence-corrected chi connectivity index (χ0v) is 13.0. The Labute approximate surface area is 135 Å². The van der Waals surface area contributed by atoms with Crippen molar-refractivity contribution >= 4 is 11.7 Å². The lowest BCUT2D eigenvalue weighted by molar-refractivity contribution is 0.248. The molecule has 0 aliphatic rings. The minimum atomic E-state index is -0.237. The van der Waals surface area contributed by atoms with Crippen LogP contribution in [0.2, 0.25) is 0 Å². The first-order valence-corrected chi connectivity index (χ1v) is 7.44. The molecule has 1 aromatic carbocycles. The van der Waals surface area contributed by atoms with Gasteiger partial charge in [-0.3, -0.25) is 0 Å². The van der Waals surface area contributed by atoms with Crippen LogP contribution in [0.15, 0.2) is 55.4 Å². The number of rotatable bonds is 7. The molecule has 23 heavy (non-hydrogen) atoms. The van der Waals surface area contributed by atoms with Crippen molar-refractivity contribution in [3.63, 3.8) is 0 Å². The largest absolute Gasteiger partial charge is 0.424 e. The van der Waals surface area contributed by atoms with Gasteiger partial charge in [0.2, 0.25) is 0 Å². The molecule has 120 valence electrons. The summed E-state index contributed by atoms with van der Waals surface area (Å²) in [6.07, 6.45) is 6.61. The number of anilines is 1. The number of hydrogen-bond donors (Lipinski definition) is 2. The molecular weight excluding hydrogens is 292 g/mol. The zero-order valence-electron chi connectivity index (χ0n) is 13.0. The highest BCUT2D eigenvalue weighted by atomic mass is 16.5. The molecule has 6 heteroatoms. The fraction of sp³-hybridized carbons (Fsp3) is 0.235. The molecule has 6 nitrogen and oxygen atoms in total. The molecule has 2 amide bonds.